The van der Waals surface area contributed by atoms with Gasteiger partial charge in [0.05, 0.1) is 0 Å². The summed E-state index contributed by atoms with van der Waals surface area (Å²) in [6, 6.07) is 4.91. The van der Waals surface area contributed by atoms with Crippen molar-refractivity contribution in [3.05, 3.63) is 30.1 Å². The van der Waals surface area contributed by atoms with Gasteiger partial charge in [0.2, 0.25) is 0 Å². The molecule has 1 fully saturated rings. The van der Waals surface area contributed by atoms with Crippen molar-refractivity contribution in [1.29, 1.82) is 0 Å². The second-order valence-corrected chi connectivity index (χ2v) is 4.91. The quantitative estimate of drug-likeness (QED) is 0.815. The average Bonchev–Trinajstić information content (AvgIpc) is 2.17. The van der Waals surface area contributed by atoms with Crippen molar-refractivity contribution in [2.45, 2.75) is 44.6 Å². The molecular weight excluding hydrogens is 184 g/mol. The average molecular weight is 204 g/mol. The molecular formula is C13H20N2. The summed E-state index contributed by atoms with van der Waals surface area (Å²) in [5.74, 6) is 0. The third-order valence-corrected chi connectivity index (χ3v) is 3.45. The van der Waals surface area contributed by atoms with Gasteiger partial charge in [-0.1, -0.05) is 20.3 Å². The van der Waals surface area contributed by atoms with E-state index >= 15 is 0 Å². The van der Waals surface area contributed by atoms with Gasteiger partial charge in [0.15, 0.2) is 0 Å². The zero-order chi connectivity index (χ0) is 10.7. The molecule has 1 saturated carbocycles. The largest absolute Gasteiger partial charge is 0.314 e. The molecule has 1 aliphatic rings. The van der Waals surface area contributed by atoms with Crippen LogP contribution in [-0.4, -0.2) is 17.6 Å². The van der Waals surface area contributed by atoms with E-state index in [0.717, 1.165) is 6.54 Å². The van der Waals surface area contributed by atoms with Crippen LogP contribution in [0.25, 0.3) is 0 Å². The van der Waals surface area contributed by atoms with Crippen LogP contribution in [0.1, 0.15) is 38.7 Å². The van der Waals surface area contributed by atoms with Crippen LogP contribution in [0.5, 0.6) is 0 Å². The van der Waals surface area contributed by atoms with Crippen molar-refractivity contribution in [3.8, 4) is 0 Å². The van der Waals surface area contributed by atoms with Gasteiger partial charge in [-0.15, -0.1) is 0 Å². The van der Waals surface area contributed by atoms with E-state index in [0.29, 0.717) is 11.5 Å². The molecule has 2 nitrogen and oxygen atoms in total. The Bertz CT molecular complexity index is 302. The molecule has 1 N–H and O–H groups in total. The maximum Gasteiger partial charge on any atom is 0.0270 e. The number of nitrogens with one attached hydrogen (secondary N) is 1. The van der Waals surface area contributed by atoms with E-state index in [1.807, 2.05) is 12.4 Å². The predicted octanol–water partition coefficient (Wildman–Crippen LogP) is 2.50. The van der Waals surface area contributed by atoms with Crippen LogP contribution < -0.4 is 5.32 Å². The first-order valence-corrected chi connectivity index (χ1v) is 5.87. The fourth-order valence-electron chi connectivity index (χ4n) is 2.28. The molecule has 0 amide bonds. The second-order valence-electron chi connectivity index (χ2n) is 4.91. The van der Waals surface area contributed by atoms with E-state index in [1.54, 1.807) is 0 Å². The van der Waals surface area contributed by atoms with Crippen LogP contribution >= 0.6 is 0 Å². The van der Waals surface area contributed by atoms with Crippen molar-refractivity contribution >= 4 is 0 Å². The molecule has 1 aromatic heterocycles. The molecule has 2 heteroatoms. The summed E-state index contributed by atoms with van der Waals surface area (Å²) >= 11 is 0. The smallest absolute Gasteiger partial charge is 0.0270 e. The minimum Gasteiger partial charge on any atom is -0.314 e. The number of rotatable bonds is 4. The monoisotopic (exact) mass is 204 g/mol. The Balaban J connectivity index is 2.08. The lowest BCUT2D eigenvalue weighted by Crippen LogP contribution is -2.45. The number of aromatic nitrogens is 1. The van der Waals surface area contributed by atoms with Crippen LogP contribution in [0.15, 0.2) is 24.5 Å². The summed E-state index contributed by atoms with van der Waals surface area (Å²) in [6.45, 7) is 5.52. The topological polar surface area (TPSA) is 24.9 Å². The Hall–Kier alpha value is -0.890. The summed E-state index contributed by atoms with van der Waals surface area (Å²) in [4.78, 5) is 4.09. The van der Waals surface area contributed by atoms with Gasteiger partial charge in [-0.25, -0.2) is 0 Å². The SMILES string of the molecule is CC(C)NCC1(c2ccncc2)CCC1. The fraction of sp³-hybridized carbons (Fsp3) is 0.615. The number of pyridine rings is 1. The van der Waals surface area contributed by atoms with Gasteiger partial charge in [-0.3, -0.25) is 4.98 Å². The molecule has 0 atom stereocenters. The number of nitrogens with zero attached hydrogens (tertiary/aromatic N) is 1. The van der Waals surface area contributed by atoms with Crippen LogP contribution in [0.3, 0.4) is 0 Å². The predicted molar refractivity (Wildman–Crippen MR) is 62.9 cm³/mol. The molecule has 2 rings (SSSR count). The van der Waals surface area contributed by atoms with E-state index in [4.69, 9.17) is 0 Å². The Labute approximate surface area is 92.1 Å². The van der Waals surface area contributed by atoms with Crippen molar-refractivity contribution < 1.29 is 0 Å². The van der Waals surface area contributed by atoms with Gasteiger partial charge in [-0.2, -0.15) is 0 Å². The maximum absolute atomic E-state index is 4.09. The van der Waals surface area contributed by atoms with Crippen molar-refractivity contribution in [1.82, 2.24) is 10.3 Å². The minimum atomic E-state index is 0.396. The van der Waals surface area contributed by atoms with Gasteiger partial charge in [0, 0.05) is 30.4 Å². The summed E-state index contributed by atoms with van der Waals surface area (Å²) < 4.78 is 0. The van der Waals surface area contributed by atoms with E-state index in [1.165, 1.54) is 24.8 Å². The molecule has 0 radical (unpaired) electrons. The highest BCUT2D eigenvalue weighted by Gasteiger charge is 2.38. The molecule has 15 heavy (non-hydrogen) atoms. The molecule has 0 spiro atoms. The third-order valence-electron chi connectivity index (χ3n) is 3.45. The maximum atomic E-state index is 4.09. The Morgan fingerprint density at radius 1 is 1.33 bits per heavy atom. The Morgan fingerprint density at radius 2 is 2.00 bits per heavy atom. The fourth-order valence-corrected chi connectivity index (χ4v) is 2.28. The molecule has 0 unspecified atom stereocenters. The number of hydrogen-bond acceptors (Lipinski definition) is 2. The van der Waals surface area contributed by atoms with Crippen LogP contribution in [0, 0.1) is 0 Å². The molecule has 1 heterocycles. The summed E-state index contributed by atoms with van der Waals surface area (Å²) in [5.41, 5.74) is 1.85. The normalized spacial score (nSPS) is 18.9. The first-order valence-electron chi connectivity index (χ1n) is 5.87. The second kappa shape index (κ2) is 4.31. The number of hydrogen-bond donors (Lipinski definition) is 1. The van der Waals surface area contributed by atoms with Crippen LogP contribution in [0.4, 0.5) is 0 Å². The summed E-state index contributed by atoms with van der Waals surface area (Å²) in [6.07, 6.45) is 7.81. The molecule has 0 aliphatic heterocycles. The van der Waals surface area contributed by atoms with Gasteiger partial charge < -0.3 is 5.32 Å². The molecule has 0 aromatic carbocycles. The molecule has 1 aliphatic carbocycles. The summed E-state index contributed by atoms with van der Waals surface area (Å²) in [7, 11) is 0. The first kappa shape index (κ1) is 10.6. The van der Waals surface area contributed by atoms with Gasteiger partial charge in [-0.05, 0) is 30.5 Å². The van der Waals surface area contributed by atoms with Crippen molar-refractivity contribution in [2.24, 2.45) is 0 Å². The van der Waals surface area contributed by atoms with E-state index in [2.05, 4.69) is 36.3 Å². The van der Waals surface area contributed by atoms with Gasteiger partial charge >= 0.3 is 0 Å². The zero-order valence-electron chi connectivity index (χ0n) is 9.66. The molecule has 0 saturated heterocycles. The lowest BCUT2D eigenvalue weighted by Gasteiger charge is -2.43. The third kappa shape index (κ3) is 2.20. The lowest BCUT2D eigenvalue weighted by molar-refractivity contribution is 0.228. The standard InChI is InChI=1S/C13H20N2/c1-11(2)15-10-13(6-3-7-13)12-4-8-14-9-5-12/h4-5,8-9,11,15H,3,6-7,10H2,1-2H3. The molecule has 82 valence electrons. The Kier molecular flexibility index (Phi) is 3.06. The highest BCUT2D eigenvalue weighted by atomic mass is 14.9. The highest BCUT2D eigenvalue weighted by Crippen LogP contribution is 2.42. The summed E-state index contributed by atoms with van der Waals surface area (Å²) in [5, 5.41) is 3.57. The molecule has 0 bridgehead atoms. The Morgan fingerprint density at radius 3 is 2.47 bits per heavy atom. The van der Waals surface area contributed by atoms with Crippen LogP contribution in [-0.2, 0) is 5.41 Å². The van der Waals surface area contributed by atoms with Crippen molar-refractivity contribution in [3.63, 3.8) is 0 Å². The molecule has 1 aromatic rings. The minimum absolute atomic E-state index is 0.396. The highest BCUT2D eigenvalue weighted by molar-refractivity contribution is 5.26. The van der Waals surface area contributed by atoms with Crippen LogP contribution in [0.2, 0.25) is 0 Å². The van der Waals surface area contributed by atoms with E-state index in [-0.39, 0.29) is 0 Å². The first-order chi connectivity index (χ1) is 7.23. The van der Waals surface area contributed by atoms with Gasteiger partial charge in [0.1, 0.15) is 0 Å². The van der Waals surface area contributed by atoms with Gasteiger partial charge in [0.25, 0.3) is 0 Å². The van der Waals surface area contributed by atoms with E-state index in [9.17, 15) is 0 Å². The van der Waals surface area contributed by atoms with Crippen molar-refractivity contribution in [2.75, 3.05) is 6.54 Å². The zero-order valence-corrected chi connectivity index (χ0v) is 9.66. The van der Waals surface area contributed by atoms with E-state index < -0.39 is 0 Å². The lowest BCUT2D eigenvalue weighted by atomic mass is 9.64.